The first-order chi connectivity index (χ1) is 8.31. The number of rotatable bonds is 3. The lowest BCUT2D eigenvalue weighted by Gasteiger charge is -2.04. The number of ketones is 1. The molecule has 1 aromatic rings. The topological polar surface area (TPSA) is 50.1 Å². The number of nitriles is 1. The quantitative estimate of drug-likeness (QED) is 0.587. The number of Topliss-reactive ketones (excluding diaryl/α,β-unsaturated/α-hetero) is 1. The molecule has 1 unspecified atom stereocenters. The molecule has 0 saturated carbocycles. The van der Waals surface area contributed by atoms with Gasteiger partial charge in [0.1, 0.15) is 6.07 Å². The summed E-state index contributed by atoms with van der Waals surface area (Å²) in [6, 6.07) is 11.4. The van der Waals surface area contributed by atoms with Gasteiger partial charge in [-0.15, -0.1) is 0 Å². The van der Waals surface area contributed by atoms with Crippen LogP contribution in [0.1, 0.15) is 12.0 Å². The Morgan fingerprint density at radius 3 is 2.76 bits per heavy atom. The lowest BCUT2D eigenvalue weighted by atomic mass is 9.96. The smallest absolute Gasteiger partial charge is 0.178 e. The highest BCUT2D eigenvalue weighted by Gasteiger charge is 2.26. The molecule has 0 bridgehead atoms. The first-order valence-corrected chi connectivity index (χ1v) is 5.60. The minimum absolute atomic E-state index is 0.103. The minimum atomic E-state index is -0.149. The molecule has 0 aromatic heterocycles. The van der Waals surface area contributed by atoms with Crippen molar-refractivity contribution in [2.75, 3.05) is 13.2 Å². The van der Waals surface area contributed by atoms with Crippen LogP contribution >= 0.6 is 0 Å². The molecule has 0 N–H and O–H groups in total. The lowest BCUT2D eigenvalue weighted by molar-refractivity contribution is -0.118. The Balaban J connectivity index is 2.19. The normalized spacial score (nSPS) is 19.9. The van der Waals surface area contributed by atoms with Gasteiger partial charge in [0.05, 0.1) is 12.2 Å². The number of carbonyl (C=O) groups is 1. The van der Waals surface area contributed by atoms with Crippen LogP contribution in [0.2, 0.25) is 0 Å². The predicted octanol–water partition coefficient (Wildman–Crippen LogP) is 2.20. The van der Waals surface area contributed by atoms with E-state index in [1.54, 1.807) is 6.08 Å². The van der Waals surface area contributed by atoms with Gasteiger partial charge in [-0.1, -0.05) is 30.3 Å². The standard InChI is InChI=1S/C14H13NO2/c15-9-13(8-11-4-2-1-3-5-11)14(16)12-6-7-17-10-12/h1-5,8,12H,6-7,10H2/b13-8-. The molecule has 3 nitrogen and oxygen atoms in total. The van der Waals surface area contributed by atoms with E-state index >= 15 is 0 Å². The average molecular weight is 227 g/mol. The molecule has 17 heavy (non-hydrogen) atoms. The Labute approximate surface area is 100 Å². The van der Waals surface area contributed by atoms with Crippen molar-refractivity contribution in [3.63, 3.8) is 0 Å². The van der Waals surface area contributed by atoms with E-state index in [0.717, 1.165) is 5.56 Å². The molecule has 0 aliphatic carbocycles. The van der Waals surface area contributed by atoms with E-state index in [1.807, 2.05) is 36.4 Å². The maximum absolute atomic E-state index is 12.0. The molecular formula is C14H13NO2. The van der Waals surface area contributed by atoms with E-state index in [0.29, 0.717) is 19.6 Å². The highest BCUT2D eigenvalue weighted by molar-refractivity contribution is 6.04. The Hall–Kier alpha value is -1.92. The number of nitrogens with zero attached hydrogens (tertiary/aromatic N) is 1. The van der Waals surface area contributed by atoms with Crippen molar-refractivity contribution in [2.45, 2.75) is 6.42 Å². The molecule has 1 saturated heterocycles. The van der Waals surface area contributed by atoms with Gasteiger partial charge < -0.3 is 4.74 Å². The first-order valence-electron chi connectivity index (χ1n) is 5.60. The van der Waals surface area contributed by atoms with Crippen molar-refractivity contribution < 1.29 is 9.53 Å². The number of hydrogen-bond donors (Lipinski definition) is 0. The molecule has 1 aliphatic rings. The molecule has 0 radical (unpaired) electrons. The number of hydrogen-bond acceptors (Lipinski definition) is 3. The first kappa shape index (κ1) is 11.6. The number of ether oxygens (including phenoxy) is 1. The van der Waals surface area contributed by atoms with Crippen molar-refractivity contribution in [3.05, 3.63) is 41.5 Å². The van der Waals surface area contributed by atoms with Gasteiger partial charge in [0.15, 0.2) is 5.78 Å². The number of benzene rings is 1. The van der Waals surface area contributed by atoms with Crippen LogP contribution in [-0.2, 0) is 9.53 Å². The highest BCUT2D eigenvalue weighted by Crippen LogP contribution is 2.18. The second kappa shape index (κ2) is 5.42. The van der Waals surface area contributed by atoms with Gasteiger partial charge in [-0.05, 0) is 18.1 Å². The maximum atomic E-state index is 12.0. The highest BCUT2D eigenvalue weighted by atomic mass is 16.5. The van der Waals surface area contributed by atoms with Crippen molar-refractivity contribution in [3.8, 4) is 6.07 Å². The van der Waals surface area contributed by atoms with E-state index in [1.165, 1.54) is 0 Å². The van der Waals surface area contributed by atoms with Gasteiger partial charge in [-0.3, -0.25) is 4.79 Å². The van der Waals surface area contributed by atoms with Gasteiger partial charge in [0, 0.05) is 12.5 Å². The van der Waals surface area contributed by atoms with E-state index in [2.05, 4.69) is 0 Å². The number of carbonyl (C=O) groups excluding carboxylic acids is 1. The fourth-order valence-electron chi connectivity index (χ4n) is 1.84. The van der Waals surface area contributed by atoms with Gasteiger partial charge in [-0.2, -0.15) is 5.26 Å². The summed E-state index contributed by atoms with van der Waals surface area (Å²) in [6.45, 7) is 1.05. The van der Waals surface area contributed by atoms with Crippen molar-refractivity contribution in [1.29, 1.82) is 5.26 Å². The van der Waals surface area contributed by atoms with Gasteiger partial charge in [-0.25, -0.2) is 0 Å². The third-order valence-electron chi connectivity index (χ3n) is 2.80. The number of allylic oxidation sites excluding steroid dienone is 1. The zero-order valence-electron chi connectivity index (χ0n) is 9.43. The van der Waals surface area contributed by atoms with Crippen molar-refractivity contribution in [2.24, 2.45) is 5.92 Å². The second-order valence-corrected chi connectivity index (χ2v) is 4.01. The predicted molar refractivity (Wildman–Crippen MR) is 64.0 cm³/mol. The summed E-state index contributed by atoms with van der Waals surface area (Å²) >= 11 is 0. The van der Waals surface area contributed by atoms with Gasteiger partial charge in [0.2, 0.25) is 0 Å². The molecule has 2 rings (SSSR count). The summed E-state index contributed by atoms with van der Waals surface area (Å²) in [4.78, 5) is 12.0. The molecule has 86 valence electrons. The largest absolute Gasteiger partial charge is 0.381 e. The van der Waals surface area contributed by atoms with E-state index in [-0.39, 0.29) is 17.3 Å². The third kappa shape index (κ3) is 2.80. The second-order valence-electron chi connectivity index (χ2n) is 4.01. The summed E-state index contributed by atoms with van der Waals surface area (Å²) in [6.07, 6.45) is 2.35. The molecule has 3 heteroatoms. The van der Waals surface area contributed by atoms with E-state index in [9.17, 15) is 4.79 Å². The summed E-state index contributed by atoms with van der Waals surface area (Å²) in [5, 5.41) is 9.04. The maximum Gasteiger partial charge on any atom is 0.178 e. The molecule has 1 aromatic carbocycles. The van der Waals surface area contributed by atoms with E-state index in [4.69, 9.17) is 10.00 Å². The molecule has 0 spiro atoms. The SMILES string of the molecule is N#C/C(=C/c1ccccc1)C(=O)C1CCOC1. The lowest BCUT2D eigenvalue weighted by Crippen LogP contribution is -2.15. The van der Waals surface area contributed by atoms with Crippen LogP contribution in [0.15, 0.2) is 35.9 Å². The average Bonchev–Trinajstić information content (AvgIpc) is 2.90. The van der Waals surface area contributed by atoms with Gasteiger partial charge in [0.25, 0.3) is 0 Å². The van der Waals surface area contributed by atoms with Gasteiger partial charge >= 0.3 is 0 Å². The summed E-state index contributed by atoms with van der Waals surface area (Å²) in [5.74, 6) is -0.251. The Bertz CT molecular complexity index is 465. The zero-order valence-corrected chi connectivity index (χ0v) is 9.43. The summed E-state index contributed by atoms with van der Waals surface area (Å²) in [7, 11) is 0. The van der Waals surface area contributed by atoms with Crippen molar-refractivity contribution in [1.82, 2.24) is 0 Å². The monoisotopic (exact) mass is 227 g/mol. The summed E-state index contributed by atoms with van der Waals surface area (Å²) < 4.78 is 5.17. The van der Waals surface area contributed by atoms with Crippen LogP contribution in [0.3, 0.4) is 0 Å². The minimum Gasteiger partial charge on any atom is -0.381 e. The Morgan fingerprint density at radius 2 is 2.18 bits per heavy atom. The fourth-order valence-corrected chi connectivity index (χ4v) is 1.84. The van der Waals surface area contributed by atoms with Crippen molar-refractivity contribution >= 4 is 11.9 Å². The molecular weight excluding hydrogens is 214 g/mol. The molecule has 1 heterocycles. The Kier molecular flexibility index (Phi) is 3.69. The molecule has 1 atom stereocenters. The fraction of sp³-hybridized carbons (Fsp3) is 0.286. The molecule has 1 aliphatic heterocycles. The van der Waals surface area contributed by atoms with Crippen LogP contribution < -0.4 is 0 Å². The van der Waals surface area contributed by atoms with Crippen LogP contribution in [0.25, 0.3) is 6.08 Å². The molecule has 0 amide bonds. The Morgan fingerprint density at radius 1 is 1.41 bits per heavy atom. The van der Waals surface area contributed by atoms with Crippen LogP contribution in [0.5, 0.6) is 0 Å². The van der Waals surface area contributed by atoms with Crippen LogP contribution in [0, 0.1) is 17.2 Å². The summed E-state index contributed by atoms with van der Waals surface area (Å²) in [5.41, 5.74) is 1.09. The third-order valence-corrected chi connectivity index (χ3v) is 2.80. The molecule has 1 fully saturated rings. The van der Waals surface area contributed by atoms with Crippen LogP contribution in [0.4, 0.5) is 0 Å². The van der Waals surface area contributed by atoms with Crippen LogP contribution in [-0.4, -0.2) is 19.0 Å². The van der Waals surface area contributed by atoms with E-state index < -0.39 is 0 Å². The zero-order chi connectivity index (χ0) is 12.1.